The van der Waals surface area contributed by atoms with E-state index in [1.54, 1.807) is 0 Å². The maximum Gasteiger partial charge on any atom is 0.312 e. The van der Waals surface area contributed by atoms with E-state index in [2.05, 4.69) is 53.7 Å². The van der Waals surface area contributed by atoms with Gasteiger partial charge in [0, 0.05) is 0 Å². The normalized spacial score (nSPS) is 12.4. The Morgan fingerprint density at radius 3 is 1.69 bits per heavy atom. The van der Waals surface area contributed by atoms with Gasteiger partial charge in [0.2, 0.25) is 0 Å². The molecule has 0 aliphatic carbocycles. The predicted molar refractivity (Wildman–Crippen MR) is 128 cm³/mol. The van der Waals surface area contributed by atoms with Gasteiger partial charge in [0.15, 0.2) is 0 Å². The van der Waals surface area contributed by atoms with Gasteiger partial charge in [-0.25, -0.2) is 0 Å². The van der Waals surface area contributed by atoms with Crippen LogP contribution in [0.15, 0.2) is 12.2 Å². The molecule has 2 nitrogen and oxygen atoms in total. The van der Waals surface area contributed by atoms with Crippen molar-refractivity contribution in [3.63, 3.8) is 0 Å². The van der Waals surface area contributed by atoms with Crippen LogP contribution in [0.5, 0.6) is 0 Å². The summed E-state index contributed by atoms with van der Waals surface area (Å²) in [5.41, 5.74) is -0.327. The molecule has 0 spiro atoms. The number of allylic oxidation sites excluding steroid dienone is 2. The van der Waals surface area contributed by atoms with Crippen LogP contribution in [0.25, 0.3) is 0 Å². The van der Waals surface area contributed by atoms with E-state index in [1.807, 2.05) is 0 Å². The molecule has 0 saturated carbocycles. The average Bonchev–Trinajstić information content (AvgIpc) is 2.68. The molecule has 0 radical (unpaired) electrons. The van der Waals surface area contributed by atoms with E-state index >= 15 is 0 Å². The Bertz CT molecular complexity index is 401. The summed E-state index contributed by atoms with van der Waals surface area (Å²) >= 11 is 0. The van der Waals surface area contributed by atoms with Gasteiger partial charge >= 0.3 is 5.97 Å². The molecular weight excluding hydrogens is 356 g/mol. The summed E-state index contributed by atoms with van der Waals surface area (Å²) in [6.07, 6.45) is 22.2. The minimum atomic E-state index is -0.327. The van der Waals surface area contributed by atoms with Crippen molar-refractivity contribution in [2.75, 3.05) is 6.61 Å². The van der Waals surface area contributed by atoms with Crippen molar-refractivity contribution in [2.45, 2.75) is 131 Å². The lowest BCUT2D eigenvalue weighted by atomic mass is 9.66. The number of esters is 1. The fourth-order valence-electron chi connectivity index (χ4n) is 4.46. The molecule has 0 unspecified atom stereocenters. The molecule has 0 atom stereocenters. The van der Waals surface area contributed by atoms with E-state index in [0.29, 0.717) is 18.4 Å². The van der Waals surface area contributed by atoms with Crippen LogP contribution in [-0.4, -0.2) is 12.6 Å². The van der Waals surface area contributed by atoms with Crippen molar-refractivity contribution in [3.8, 4) is 0 Å². The second kappa shape index (κ2) is 18.0. The molecule has 172 valence electrons. The second-order valence-corrected chi connectivity index (χ2v) is 9.47. The van der Waals surface area contributed by atoms with Gasteiger partial charge in [-0.05, 0) is 50.4 Å². The molecule has 2 heteroatoms. The lowest BCUT2D eigenvalue weighted by Gasteiger charge is -2.39. The molecule has 29 heavy (non-hydrogen) atoms. The zero-order valence-corrected chi connectivity index (χ0v) is 20.7. The third-order valence-corrected chi connectivity index (χ3v) is 6.48. The maximum absolute atomic E-state index is 12.8. The summed E-state index contributed by atoms with van der Waals surface area (Å²) in [6, 6.07) is 0. The van der Waals surface area contributed by atoms with Crippen molar-refractivity contribution in [3.05, 3.63) is 12.2 Å². The number of ether oxygens (including phenoxy) is 1. The molecule has 0 aromatic heterocycles. The van der Waals surface area contributed by atoms with Crippen LogP contribution < -0.4 is 0 Å². The minimum absolute atomic E-state index is 0.0296. The zero-order chi connectivity index (χ0) is 22.0. The predicted octanol–water partition coefficient (Wildman–Crippen LogP) is 8.89. The van der Waals surface area contributed by atoms with Crippen molar-refractivity contribution in [1.82, 2.24) is 0 Å². The molecule has 0 aromatic rings. The Morgan fingerprint density at radius 1 is 0.724 bits per heavy atom. The number of rotatable bonds is 19. The molecule has 0 aromatic carbocycles. The number of carbonyl (C=O) groups is 1. The first-order valence-corrected chi connectivity index (χ1v) is 12.8. The van der Waals surface area contributed by atoms with Gasteiger partial charge < -0.3 is 4.74 Å². The minimum Gasteiger partial charge on any atom is -0.465 e. The summed E-state index contributed by atoms with van der Waals surface area (Å²) in [4.78, 5) is 12.8. The highest BCUT2D eigenvalue weighted by atomic mass is 16.5. The number of carbonyl (C=O) groups excluding carboxylic acids is 1. The standard InChI is InChI=1S/C27H52O2/c1-7-9-10-11-12-13-14-15-16-17-18-19-20-21-22-27(24(3)4,25(5)6)26(28)29-23-8-2/h15-16,24-25H,7-14,17-23H2,1-6H3/b16-15-. The first-order valence-electron chi connectivity index (χ1n) is 12.8. The van der Waals surface area contributed by atoms with Gasteiger partial charge in [-0.15, -0.1) is 0 Å². The second-order valence-electron chi connectivity index (χ2n) is 9.47. The highest BCUT2D eigenvalue weighted by Crippen LogP contribution is 2.42. The van der Waals surface area contributed by atoms with Gasteiger partial charge in [0.1, 0.15) is 0 Å². The fourth-order valence-corrected chi connectivity index (χ4v) is 4.46. The molecule has 0 rings (SSSR count). The quantitative estimate of drug-likeness (QED) is 0.121. The van der Waals surface area contributed by atoms with E-state index < -0.39 is 0 Å². The first kappa shape index (κ1) is 28.2. The SMILES string of the molecule is CCCCCCCC/C=C\CCCCCCC(C(=O)OCCC)(C(C)C)C(C)C. The summed E-state index contributed by atoms with van der Waals surface area (Å²) < 4.78 is 5.60. The molecule has 0 aliphatic heterocycles. The molecule has 0 bridgehead atoms. The van der Waals surface area contributed by atoms with Gasteiger partial charge in [0.05, 0.1) is 12.0 Å². The molecule has 0 N–H and O–H groups in total. The topological polar surface area (TPSA) is 26.3 Å². The first-order chi connectivity index (χ1) is 13.9. The smallest absolute Gasteiger partial charge is 0.312 e. The average molecular weight is 409 g/mol. The molecule has 0 heterocycles. The van der Waals surface area contributed by atoms with Gasteiger partial charge in [-0.3, -0.25) is 4.79 Å². The van der Waals surface area contributed by atoms with Crippen LogP contribution in [0.2, 0.25) is 0 Å². The zero-order valence-electron chi connectivity index (χ0n) is 20.7. The highest BCUT2D eigenvalue weighted by Gasteiger charge is 2.45. The van der Waals surface area contributed by atoms with Crippen LogP contribution in [0.3, 0.4) is 0 Å². The largest absolute Gasteiger partial charge is 0.465 e. The lowest BCUT2D eigenvalue weighted by molar-refractivity contribution is -0.163. The summed E-state index contributed by atoms with van der Waals surface area (Å²) in [6.45, 7) is 13.6. The summed E-state index contributed by atoms with van der Waals surface area (Å²) in [5.74, 6) is 0.663. The van der Waals surface area contributed by atoms with E-state index in [1.165, 1.54) is 70.6 Å². The van der Waals surface area contributed by atoms with E-state index in [4.69, 9.17) is 4.74 Å². The van der Waals surface area contributed by atoms with Crippen LogP contribution in [0, 0.1) is 17.3 Å². The van der Waals surface area contributed by atoms with Crippen molar-refractivity contribution < 1.29 is 9.53 Å². The summed E-state index contributed by atoms with van der Waals surface area (Å²) in [7, 11) is 0. The molecule has 0 saturated heterocycles. The van der Waals surface area contributed by atoms with Crippen LogP contribution in [0.1, 0.15) is 131 Å². The Morgan fingerprint density at radius 2 is 1.21 bits per heavy atom. The van der Waals surface area contributed by atoms with Crippen molar-refractivity contribution in [1.29, 1.82) is 0 Å². The molecule has 0 amide bonds. The van der Waals surface area contributed by atoms with Crippen LogP contribution in [0.4, 0.5) is 0 Å². The maximum atomic E-state index is 12.8. The highest BCUT2D eigenvalue weighted by molar-refractivity contribution is 5.77. The van der Waals surface area contributed by atoms with Gasteiger partial charge in [-0.2, -0.15) is 0 Å². The third-order valence-electron chi connectivity index (χ3n) is 6.48. The molecular formula is C27H52O2. The Balaban J connectivity index is 4.04. The Hall–Kier alpha value is -0.790. The van der Waals surface area contributed by atoms with Crippen LogP contribution in [-0.2, 0) is 9.53 Å². The Kier molecular flexibility index (Phi) is 17.5. The number of hydrogen-bond donors (Lipinski definition) is 0. The van der Waals surface area contributed by atoms with Gasteiger partial charge in [-0.1, -0.05) is 105 Å². The van der Waals surface area contributed by atoms with Crippen molar-refractivity contribution in [2.24, 2.45) is 17.3 Å². The number of unbranched alkanes of at least 4 members (excludes halogenated alkanes) is 10. The van der Waals surface area contributed by atoms with E-state index in [-0.39, 0.29) is 11.4 Å². The Labute approximate surface area is 183 Å². The molecule has 0 fully saturated rings. The lowest BCUT2D eigenvalue weighted by Crippen LogP contribution is -2.42. The van der Waals surface area contributed by atoms with Gasteiger partial charge in [0.25, 0.3) is 0 Å². The third kappa shape index (κ3) is 11.8. The molecule has 0 aliphatic rings. The van der Waals surface area contributed by atoms with E-state index in [9.17, 15) is 4.79 Å². The fraction of sp³-hybridized carbons (Fsp3) is 0.889. The van der Waals surface area contributed by atoms with Crippen molar-refractivity contribution >= 4 is 5.97 Å². The summed E-state index contributed by atoms with van der Waals surface area (Å²) in [5, 5.41) is 0. The number of hydrogen-bond acceptors (Lipinski definition) is 2. The monoisotopic (exact) mass is 408 g/mol. The van der Waals surface area contributed by atoms with E-state index in [0.717, 1.165) is 19.3 Å². The van der Waals surface area contributed by atoms with Crippen LogP contribution >= 0.6 is 0 Å².